The smallest absolute Gasteiger partial charge is 0.251 e. The first-order valence-corrected chi connectivity index (χ1v) is 7.66. The van der Waals surface area contributed by atoms with Crippen molar-refractivity contribution in [3.05, 3.63) is 59.7 Å². The molecule has 2 aromatic rings. The Morgan fingerprint density at radius 2 is 1.81 bits per heavy atom. The van der Waals surface area contributed by atoms with E-state index >= 15 is 0 Å². The third-order valence-corrected chi connectivity index (χ3v) is 3.74. The molecule has 0 aliphatic rings. The Kier molecular flexibility index (Phi) is 4.25. The standard InChI is InChI=1S/C14H15N3O3S/c15-12-5-2-4-11(8-12)14(18)17-9-10-3-1-6-13(7-10)21(16,19)20/h1-8H,9,15H2,(H,17,18)(H2,16,19,20). The molecule has 110 valence electrons. The molecule has 0 atom stereocenters. The third-order valence-electron chi connectivity index (χ3n) is 2.83. The van der Waals surface area contributed by atoms with Crippen LogP contribution in [0.25, 0.3) is 0 Å². The largest absolute Gasteiger partial charge is 0.399 e. The van der Waals surface area contributed by atoms with Crippen LogP contribution < -0.4 is 16.2 Å². The molecule has 0 aromatic heterocycles. The zero-order valence-electron chi connectivity index (χ0n) is 11.1. The van der Waals surface area contributed by atoms with E-state index in [1.165, 1.54) is 12.1 Å². The molecule has 0 saturated heterocycles. The van der Waals surface area contributed by atoms with E-state index in [4.69, 9.17) is 10.9 Å². The van der Waals surface area contributed by atoms with E-state index < -0.39 is 10.0 Å². The van der Waals surface area contributed by atoms with Crippen LogP contribution in [0.2, 0.25) is 0 Å². The molecule has 0 radical (unpaired) electrons. The SMILES string of the molecule is Nc1cccc(C(=O)NCc2cccc(S(N)(=O)=O)c2)c1. The quantitative estimate of drug-likeness (QED) is 0.726. The summed E-state index contributed by atoms with van der Waals surface area (Å²) in [6, 6.07) is 12.7. The van der Waals surface area contributed by atoms with Crippen LogP contribution in [-0.2, 0) is 16.6 Å². The first-order chi connectivity index (χ1) is 9.86. The zero-order chi connectivity index (χ0) is 15.5. The van der Waals surface area contributed by atoms with E-state index in [1.54, 1.807) is 36.4 Å². The number of benzene rings is 2. The number of hydrogen-bond donors (Lipinski definition) is 3. The number of carbonyl (C=O) groups is 1. The van der Waals surface area contributed by atoms with Gasteiger partial charge in [-0.1, -0.05) is 18.2 Å². The minimum Gasteiger partial charge on any atom is -0.399 e. The fraction of sp³-hybridized carbons (Fsp3) is 0.0714. The van der Waals surface area contributed by atoms with Gasteiger partial charge in [0.2, 0.25) is 10.0 Å². The van der Waals surface area contributed by atoms with Crippen molar-refractivity contribution in [3.63, 3.8) is 0 Å². The Hall–Kier alpha value is -2.38. The Labute approximate surface area is 122 Å². The van der Waals surface area contributed by atoms with Crippen LogP contribution in [0.4, 0.5) is 5.69 Å². The van der Waals surface area contributed by atoms with Crippen LogP contribution in [0.3, 0.4) is 0 Å². The van der Waals surface area contributed by atoms with Crippen molar-refractivity contribution in [3.8, 4) is 0 Å². The Bertz CT molecular complexity index is 773. The van der Waals surface area contributed by atoms with E-state index in [1.807, 2.05) is 0 Å². The molecule has 0 bridgehead atoms. The molecule has 6 nitrogen and oxygen atoms in total. The van der Waals surface area contributed by atoms with Crippen molar-refractivity contribution in [2.24, 2.45) is 5.14 Å². The summed E-state index contributed by atoms with van der Waals surface area (Å²) >= 11 is 0. The lowest BCUT2D eigenvalue weighted by Crippen LogP contribution is -2.23. The van der Waals surface area contributed by atoms with Gasteiger partial charge in [0, 0.05) is 17.8 Å². The van der Waals surface area contributed by atoms with Gasteiger partial charge in [-0.2, -0.15) is 0 Å². The summed E-state index contributed by atoms with van der Waals surface area (Å²) in [5.74, 6) is -0.289. The first-order valence-electron chi connectivity index (χ1n) is 6.12. The monoisotopic (exact) mass is 305 g/mol. The van der Waals surface area contributed by atoms with Gasteiger partial charge in [-0.25, -0.2) is 13.6 Å². The van der Waals surface area contributed by atoms with Crippen LogP contribution in [0, 0.1) is 0 Å². The summed E-state index contributed by atoms with van der Waals surface area (Å²) in [6.07, 6.45) is 0. The second kappa shape index (κ2) is 5.94. The molecule has 0 aliphatic heterocycles. The number of nitrogens with one attached hydrogen (secondary N) is 1. The lowest BCUT2D eigenvalue weighted by molar-refractivity contribution is 0.0951. The van der Waals surface area contributed by atoms with Crippen LogP contribution in [0.5, 0.6) is 0 Å². The number of nitrogen functional groups attached to an aromatic ring is 1. The Balaban J connectivity index is 2.08. The number of anilines is 1. The highest BCUT2D eigenvalue weighted by Gasteiger charge is 2.09. The van der Waals surface area contributed by atoms with Crippen molar-refractivity contribution >= 4 is 21.6 Å². The average molecular weight is 305 g/mol. The maximum atomic E-state index is 11.9. The van der Waals surface area contributed by atoms with Crippen LogP contribution >= 0.6 is 0 Å². The van der Waals surface area contributed by atoms with Gasteiger partial charge in [0.25, 0.3) is 5.91 Å². The highest BCUT2D eigenvalue weighted by Crippen LogP contribution is 2.10. The summed E-state index contributed by atoms with van der Waals surface area (Å²) in [4.78, 5) is 12.0. The predicted molar refractivity (Wildman–Crippen MR) is 79.8 cm³/mol. The zero-order valence-corrected chi connectivity index (χ0v) is 11.9. The summed E-state index contributed by atoms with van der Waals surface area (Å²) in [6.45, 7) is 0.191. The minimum atomic E-state index is -3.75. The van der Waals surface area contributed by atoms with E-state index in [0.717, 1.165) is 0 Å². The van der Waals surface area contributed by atoms with Gasteiger partial charge < -0.3 is 11.1 Å². The number of hydrogen-bond acceptors (Lipinski definition) is 4. The molecule has 0 spiro atoms. The van der Waals surface area contributed by atoms with Gasteiger partial charge >= 0.3 is 0 Å². The summed E-state index contributed by atoms with van der Waals surface area (Å²) in [5, 5.41) is 7.75. The highest BCUT2D eigenvalue weighted by molar-refractivity contribution is 7.89. The number of carbonyl (C=O) groups excluding carboxylic acids is 1. The molecular weight excluding hydrogens is 290 g/mol. The van der Waals surface area contributed by atoms with Crippen LogP contribution in [0.1, 0.15) is 15.9 Å². The predicted octanol–water partition coefficient (Wildman–Crippen LogP) is 0.846. The molecule has 0 heterocycles. The molecular formula is C14H15N3O3S. The topological polar surface area (TPSA) is 115 Å². The van der Waals surface area contributed by atoms with E-state index in [0.29, 0.717) is 16.8 Å². The van der Waals surface area contributed by atoms with Crippen LogP contribution in [-0.4, -0.2) is 14.3 Å². The molecule has 0 unspecified atom stereocenters. The highest BCUT2D eigenvalue weighted by atomic mass is 32.2. The van der Waals surface area contributed by atoms with Gasteiger partial charge in [-0.3, -0.25) is 4.79 Å². The molecule has 1 amide bonds. The lowest BCUT2D eigenvalue weighted by Gasteiger charge is -2.07. The maximum absolute atomic E-state index is 11.9. The molecule has 0 saturated carbocycles. The van der Waals surface area contributed by atoms with Crippen molar-refractivity contribution < 1.29 is 13.2 Å². The summed E-state index contributed by atoms with van der Waals surface area (Å²) in [7, 11) is -3.75. The Morgan fingerprint density at radius 3 is 2.48 bits per heavy atom. The molecule has 0 fully saturated rings. The van der Waals surface area contributed by atoms with Gasteiger partial charge in [-0.05, 0) is 35.9 Å². The number of primary sulfonamides is 1. The van der Waals surface area contributed by atoms with Crippen molar-refractivity contribution in [1.29, 1.82) is 0 Å². The molecule has 5 N–H and O–H groups in total. The van der Waals surface area contributed by atoms with Crippen molar-refractivity contribution in [1.82, 2.24) is 5.32 Å². The minimum absolute atomic E-state index is 0.0122. The number of rotatable bonds is 4. The fourth-order valence-electron chi connectivity index (χ4n) is 1.80. The average Bonchev–Trinajstić information content (AvgIpc) is 2.44. The van der Waals surface area contributed by atoms with Crippen molar-refractivity contribution in [2.45, 2.75) is 11.4 Å². The summed E-state index contributed by atoms with van der Waals surface area (Å²) < 4.78 is 22.5. The number of amides is 1. The van der Waals surface area contributed by atoms with Gasteiger partial charge in [-0.15, -0.1) is 0 Å². The second-order valence-corrected chi connectivity index (χ2v) is 6.06. The third kappa shape index (κ3) is 4.04. The van der Waals surface area contributed by atoms with E-state index in [9.17, 15) is 13.2 Å². The number of sulfonamides is 1. The van der Waals surface area contributed by atoms with E-state index in [-0.39, 0.29) is 17.3 Å². The normalized spacial score (nSPS) is 11.1. The maximum Gasteiger partial charge on any atom is 0.251 e. The van der Waals surface area contributed by atoms with Gasteiger partial charge in [0.05, 0.1) is 4.90 Å². The molecule has 2 rings (SSSR count). The van der Waals surface area contributed by atoms with Crippen LogP contribution in [0.15, 0.2) is 53.4 Å². The lowest BCUT2D eigenvalue weighted by atomic mass is 10.2. The molecule has 21 heavy (non-hydrogen) atoms. The Morgan fingerprint density at radius 1 is 1.10 bits per heavy atom. The first kappa shape index (κ1) is 15.0. The van der Waals surface area contributed by atoms with Gasteiger partial charge in [0.15, 0.2) is 0 Å². The molecule has 2 aromatic carbocycles. The second-order valence-electron chi connectivity index (χ2n) is 4.50. The number of nitrogens with two attached hydrogens (primary N) is 2. The van der Waals surface area contributed by atoms with Crippen molar-refractivity contribution in [2.75, 3.05) is 5.73 Å². The van der Waals surface area contributed by atoms with E-state index in [2.05, 4.69) is 5.32 Å². The molecule has 7 heteroatoms. The fourth-order valence-corrected chi connectivity index (χ4v) is 2.38. The van der Waals surface area contributed by atoms with Gasteiger partial charge in [0.1, 0.15) is 0 Å². The summed E-state index contributed by atoms with van der Waals surface area (Å²) in [5.41, 5.74) is 7.19. The molecule has 0 aliphatic carbocycles.